The number of piperazine rings is 1. The summed E-state index contributed by atoms with van der Waals surface area (Å²) < 4.78 is 10.9. The number of hydrogen-bond acceptors (Lipinski definition) is 5. The molecule has 4 heterocycles. The van der Waals surface area contributed by atoms with E-state index in [4.69, 9.17) is 9.47 Å². The van der Waals surface area contributed by atoms with Gasteiger partial charge in [0.2, 0.25) is 0 Å². The van der Waals surface area contributed by atoms with Gasteiger partial charge in [-0.2, -0.15) is 0 Å². The number of benzene rings is 1. The fourth-order valence-electron chi connectivity index (χ4n) is 5.88. The van der Waals surface area contributed by atoms with Crippen LogP contribution in [0.2, 0.25) is 0 Å². The van der Waals surface area contributed by atoms with Crippen LogP contribution in [0.25, 0.3) is 5.57 Å². The third-order valence-electron chi connectivity index (χ3n) is 7.93. The van der Waals surface area contributed by atoms with Crippen LogP contribution in [0.15, 0.2) is 59.6 Å². The highest BCUT2D eigenvalue weighted by atomic mass is 16.5. The van der Waals surface area contributed by atoms with Gasteiger partial charge >= 0.3 is 0 Å². The lowest BCUT2D eigenvalue weighted by Crippen LogP contribution is -2.50. The van der Waals surface area contributed by atoms with Gasteiger partial charge in [0.1, 0.15) is 0 Å². The van der Waals surface area contributed by atoms with Crippen LogP contribution in [-0.2, 0) is 4.79 Å². The lowest BCUT2D eigenvalue weighted by molar-refractivity contribution is -0.122. The van der Waals surface area contributed by atoms with Crippen molar-refractivity contribution in [3.05, 3.63) is 65.2 Å². The maximum Gasteiger partial charge on any atom is 0.255 e. The summed E-state index contributed by atoms with van der Waals surface area (Å²) in [5.74, 6) is 1.56. The van der Waals surface area contributed by atoms with E-state index in [1.807, 2.05) is 29.2 Å². The number of carbonyl (C=O) groups excluding carboxylic acids is 1. The third kappa shape index (κ3) is 4.52. The first-order valence-corrected chi connectivity index (χ1v) is 12.9. The quantitative estimate of drug-likeness (QED) is 0.612. The number of methoxy groups -OCH3 is 2. The molecule has 0 aliphatic carbocycles. The molecule has 2 saturated heterocycles. The Morgan fingerprint density at radius 1 is 1.06 bits per heavy atom. The molecule has 5 rings (SSSR count). The second-order valence-electron chi connectivity index (χ2n) is 9.96. The van der Waals surface area contributed by atoms with Crippen LogP contribution >= 0.6 is 0 Å². The number of hydrogen-bond donors (Lipinski definition) is 0. The van der Waals surface area contributed by atoms with Crippen LogP contribution < -0.4 is 9.47 Å². The minimum atomic E-state index is 0.00337. The average molecular weight is 476 g/mol. The van der Waals surface area contributed by atoms with Crippen molar-refractivity contribution < 1.29 is 14.3 Å². The fraction of sp³-hybridized carbons (Fsp3) is 0.483. The first-order valence-electron chi connectivity index (χ1n) is 12.9. The predicted molar refractivity (Wildman–Crippen MR) is 139 cm³/mol. The molecule has 186 valence electrons. The van der Waals surface area contributed by atoms with Gasteiger partial charge in [0.15, 0.2) is 11.5 Å². The van der Waals surface area contributed by atoms with Crippen molar-refractivity contribution in [2.24, 2.45) is 5.92 Å². The molecule has 4 aliphatic rings. The van der Waals surface area contributed by atoms with E-state index in [1.165, 1.54) is 25.0 Å². The minimum absolute atomic E-state index is 0.00337. The molecule has 0 spiro atoms. The summed E-state index contributed by atoms with van der Waals surface area (Å²) in [5, 5.41) is 0. The van der Waals surface area contributed by atoms with E-state index in [0.29, 0.717) is 17.5 Å². The van der Waals surface area contributed by atoms with E-state index in [1.54, 1.807) is 14.2 Å². The number of carbonyl (C=O) groups is 1. The van der Waals surface area contributed by atoms with Gasteiger partial charge in [-0.05, 0) is 73.1 Å². The van der Waals surface area contributed by atoms with Crippen molar-refractivity contribution in [1.82, 2.24) is 14.7 Å². The predicted octanol–water partition coefficient (Wildman–Crippen LogP) is 4.81. The van der Waals surface area contributed by atoms with E-state index >= 15 is 0 Å². The van der Waals surface area contributed by atoms with Crippen molar-refractivity contribution in [1.29, 1.82) is 0 Å². The van der Waals surface area contributed by atoms with Crippen LogP contribution in [0.3, 0.4) is 0 Å². The van der Waals surface area contributed by atoms with Gasteiger partial charge in [0, 0.05) is 43.6 Å². The lowest BCUT2D eigenvalue weighted by atomic mass is 9.88. The Morgan fingerprint density at radius 2 is 1.89 bits per heavy atom. The summed E-state index contributed by atoms with van der Waals surface area (Å²) in [5.41, 5.74) is 5.45. The molecule has 6 heteroatoms. The zero-order valence-corrected chi connectivity index (χ0v) is 21.4. The lowest BCUT2D eigenvalue weighted by Gasteiger charge is -2.41. The molecule has 2 unspecified atom stereocenters. The second kappa shape index (κ2) is 9.94. The van der Waals surface area contributed by atoms with Crippen LogP contribution in [0.5, 0.6) is 11.5 Å². The highest BCUT2D eigenvalue weighted by molar-refractivity contribution is 5.98. The summed E-state index contributed by atoms with van der Waals surface area (Å²) >= 11 is 0. The Hall–Kier alpha value is -2.99. The van der Waals surface area contributed by atoms with Crippen molar-refractivity contribution in [2.45, 2.75) is 45.6 Å². The third-order valence-corrected chi connectivity index (χ3v) is 7.93. The average Bonchev–Trinajstić information content (AvgIpc) is 3.36. The molecule has 0 aromatic heterocycles. The van der Waals surface area contributed by atoms with E-state index in [-0.39, 0.29) is 11.8 Å². The zero-order chi connectivity index (χ0) is 24.5. The molecule has 1 amide bonds. The highest BCUT2D eigenvalue weighted by Crippen LogP contribution is 2.38. The summed E-state index contributed by atoms with van der Waals surface area (Å²) in [6, 6.07) is 6.53. The standard InChI is InChI=1S/C29H37N3O3/c1-5-21-15-24(31-14-13-30-12-6-7-23(30)18-31)19-32-26(21)10-8-20(2)25(17-29(32)33)22-9-11-27(34-3)28(16-22)35-4/h9-11,15-17,19-20,23H,5-8,12-14,18H2,1-4H3. The molecular formula is C29H37N3O3. The summed E-state index contributed by atoms with van der Waals surface area (Å²) in [6.07, 6.45) is 12.8. The van der Waals surface area contributed by atoms with Gasteiger partial charge < -0.3 is 14.4 Å². The number of nitrogens with zero attached hydrogens (tertiary/aromatic N) is 3. The Balaban J connectivity index is 1.48. The molecular weight excluding hydrogens is 438 g/mol. The molecule has 35 heavy (non-hydrogen) atoms. The summed E-state index contributed by atoms with van der Waals surface area (Å²) in [7, 11) is 3.28. The zero-order valence-electron chi connectivity index (χ0n) is 21.4. The van der Waals surface area contributed by atoms with Gasteiger partial charge in [-0.1, -0.05) is 26.0 Å². The molecule has 1 aromatic rings. The van der Waals surface area contributed by atoms with Crippen molar-refractivity contribution in [3.8, 4) is 11.5 Å². The molecule has 6 nitrogen and oxygen atoms in total. The normalized spacial score (nSPS) is 25.0. The summed E-state index contributed by atoms with van der Waals surface area (Å²) in [4.78, 5) is 20.7. The van der Waals surface area contributed by atoms with Crippen LogP contribution in [0, 0.1) is 5.92 Å². The maximum absolute atomic E-state index is 13.7. The number of ether oxygens (including phenoxy) is 2. The Morgan fingerprint density at radius 3 is 2.66 bits per heavy atom. The molecule has 0 N–H and O–H groups in total. The minimum Gasteiger partial charge on any atom is -0.493 e. The van der Waals surface area contributed by atoms with E-state index < -0.39 is 0 Å². The Bertz CT molecular complexity index is 1120. The van der Waals surface area contributed by atoms with Gasteiger partial charge in [0.05, 0.1) is 19.9 Å². The SMILES string of the molecule is CCC1=CC(N2CCN3CCCC3C2)=CN2C(=O)C=C(c3ccc(OC)c(OC)c3)C(C)CC=C12. The highest BCUT2D eigenvalue weighted by Gasteiger charge is 2.33. The maximum atomic E-state index is 13.7. The van der Waals surface area contributed by atoms with Crippen LogP contribution in [0.4, 0.5) is 0 Å². The van der Waals surface area contributed by atoms with E-state index in [0.717, 1.165) is 55.0 Å². The van der Waals surface area contributed by atoms with E-state index in [2.05, 4.69) is 42.0 Å². The molecule has 0 radical (unpaired) electrons. The molecule has 1 aromatic carbocycles. The number of rotatable bonds is 5. The van der Waals surface area contributed by atoms with Crippen molar-refractivity contribution >= 4 is 11.5 Å². The Kier molecular flexibility index (Phi) is 6.74. The first kappa shape index (κ1) is 23.7. The van der Waals surface area contributed by atoms with Gasteiger partial charge in [-0.25, -0.2) is 0 Å². The molecule has 2 atom stereocenters. The molecule has 2 fully saturated rings. The number of fused-ring (bicyclic) bond motifs is 2. The molecule has 4 aliphatic heterocycles. The van der Waals surface area contributed by atoms with Crippen molar-refractivity contribution in [2.75, 3.05) is 40.4 Å². The van der Waals surface area contributed by atoms with Crippen LogP contribution in [-0.4, -0.2) is 67.0 Å². The Labute approximate surface area is 209 Å². The van der Waals surface area contributed by atoms with Gasteiger partial charge in [-0.3, -0.25) is 14.6 Å². The summed E-state index contributed by atoms with van der Waals surface area (Å²) in [6.45, 7) is 8.76. The molecule has 0 bridgehead atoms. The van der Waals surface area contributed by atoms with Gasteiger partial charge in [-0.15, -0.1) is 0 Å². The van der Waals surface area contributed by atoms with E-state index in [9.17, 15) is 4.79 Å². The fourth-order valence-corrected chi connectivity index (χ4v) is 5.88. The number of allylic oxidation sites excluding steroid dienone is 4. The smallest absolute Gasteiger partial charge is 0.255 e. The second-order valence-corrected chi connectivity index (χ2v) is 9.96. The van der Waals surface area contributed by atoms with Crippen molar-refractivity contribution in [3.63, 3.8) is 0 Å². The largest absolute Gasteiger partial charge is 0.493 e. The number of amides is 1. The van der Waals surface area contributed by atoms with Crippen LogP contribution in [0.1, 0.15) is 45.1 Å². The molecule has 0 saturated carbocycles. The monoisotopic (exact) mass is 475 g/mol. The van der Waals surface area contributed by atoms with Gasteiger partial charge in [0.25, 0.3) is 5.91 Å². The topological polar surface area (TPSA) is 45.2 Å². The first-order chi connectivity index (χ1) is 17.0.